The van der Waals surface area contributed by atoms with Crippen LogP contribution in [0, 0.1) is 5.92 Å². The van der Waals surface area contributed by atoms with E-state index in [9.17, 15) is 0 Å². The Labute approximate surface area is 100 Å². The topological polar surface area (TPSA) is 12.0 Å². The molecule has 0 saturated heterocycles. The van der Waals surface area contributed by atoms with E-state index in [0.29, 0.717) is 0 Å². The van der Waals surface area contributed by atoms with E-state index in [4.69, 9.17) is 0 Å². The highest BCUT2D eigenvalue weighted by atomic mass is 14.9. The molecular weight excluding hydrogens is 194 g/mol. The summed E-state index contributed by atoms with van der Waals surface area (Å²) in [5.74, 6) is 0.922. The molecule has 0 atom stereocenters. The van der Waals surface area contributed by atoms with Gasteiger partial charge in [-0.2, -0.15) is 0 Å². The van der Waals surface area contributed by atoms with Crippen LogP contribution >= 0.6 is 0 Å². The third-order valence-corrected chi connectivity index (χ3v) is 3.25. The number of hydrogen-bond acceptors (Lipinski definition) is 1. The summed E-state index contributed by atoms with van der Waals surface area (Å²) in [7, 11) is 0. The van der Waals surface area contributed by atoms with Crippen LogP contribution < -0.4 is 5.32 Å². The van der Waals surface area contributed by atoms with E-state index in [-0.39, 0.29) is 0 Å². The van der Waals surface area contributed by atoms with Gasteiger partial charge in [0.05, 0.1) is 0 Å². The SMILES string of the molecule is C=CC=CC(=C)CCNCC1CCCCC1. The molecule has 1 saturated carbocycles. The second-order valence-electron chi connectivity index (χ2n) is 4.71. The van der Waals surface area contributed by atoms with Gasteiger partial charge in [-0.05, 0) is 38.3 Å². The fraction of sp³-hybridized carbons (Fsp3) is 0.600. The van der Waals surface area contributed by atoms with E-state index in [0.717, 1.165) is 18.9 Å². The Kier molecular flexibility index (Phi) is 6.91. The summed E-state index contributed by atoms with van der Waals surface area (Å²) in [4.78, 5) is 0. The molecule has 0 bridgehead atoms. The van der Waals surface area contributed by atoms with Gasteiger partial charge < -0.3 is 5.32 Å². The van der Waals surface area contributed by atoms with Crippen LogP contribution in [0.25, 0.3) is 0 Å². The summed E-state index contributed by atoms with van der Waals surface area (Å²) in [5, 5.41) is 3.54. The van der Waals surface area contributed by atoms with Crippen molar-refractivity contribution < 1.29 is 0 Å². The summed E-state index contributed by atoms with van der Waals surface area (Å²) < 4.78 is 0. The van der Waals surface area contributed by atoms with Gasteiger partial charge >= 0.3 is 0 Å². The van der Waals surface area contributed by atoms with Gasteiger partial charge in [-0.25, -0.2) is 0 Å². The summed E-state index contributed by atoms with van der Waals surface area (Å²) in [5.41, 5.74) is 1.18. The Morgan fingerprint density at radius 2 is 2.00 bits per heavy atom. The van der Waals surface area contributed by atoms with Crippen LogP contribution in [-0.2, 0) is 0 Å². The molecule has 1 heteroatoms. The van der Waals surface area contributed by atoms with E-state index < -0.39 is 0 Å². The van der Waals surface area contributed by atoms with Gasteiger partial charge in [-0.3, -0.25) is 0 Å². The molecule has 16 heavy (non-hydrogen) atoms. The minimum Gasteiger partial charge on any atom is -0.316 e. The highest BCUT2D eigenvalue weighted by molar-refractivity contribution is 5.18. The van der Waals surface area contributed by atoms with Crippen molar-refractivity contribution in [3.05, 3.63) is 37.0 Å². The van der Waals surface area contributed by atoms with E-state index in [2.05, 4.69) is 18.5 Å². The molecule has 0 aliphatic heterocycles. The average molecular weight is 219 g/mol. The number of rotatable bonds is 7. The van der Waals surface area contributed by atoms with Crippen molar-refractivity contribution in [3.63, 3.8) is 0 Å². The Morgan fingerprint density at radius 3 is 2.69 bits per heavy atom. The molecule has 0 unspecified atom stereocenters. The predicted molar refractivity (Wildman–Crippen MR) is 72.5 cm³/mol. The average Bonchev–Trinajstić information content (AvgIpc) is 2.33. The molecule has 0 aromatic carbocycles. The first-order chi connectivity index (χ1) is 7.83. The number of nitrogens with one attached hydrogen (secondary N) is 1. The molecule has 0 aromatic heterocycles. The van der Waals surface area contributed by atoms with Crippen LogP contribution in [0.2, 0.25) is 0 Å². The van der Waals surface area contributed by atoms with E-state index >= 15 is 0 Å². The minimum atomic E-state index is 0.922. The maximum Gasteiger partial charge on any atom is -0.000845 e. The van der Waals surface area contributed by atoms with Crippen molar-refractivity contribution in [2.75, 3.05) is 13.1 Å². The third kappa shape index (κ3) is 5.92. The van der Waals surface area contributed by atoms with Crippen LogP contribution in [0.5, 0.6) is 0 Å². The van der Waals surface area contributed by atoms with Crippen molar-refractivity contribution >= 4 is 0 Å². The lowest BCUT2D eigenvalue weighted by Gasteiger charge is -2.21. The fourth-order valence-electron chi connectivity index (χ4n) is 2.23. The molecule has 0 radical (unpaired) electrons. The first kappa shape index (κ1) is 13.2. The van der Waals surface area contributed by atoms with Crippen LogP contribution in [0.15, 0.2) is 37.0 Å². The fourth-order valence-corrected chi connectivity index (χ4v) is 2.23. The Hall–Kier alpha value is -0.820. The molecule has 0 spiro atoms. The monoisotopic (exact) mass is 219 g/mol. The summed E-state index contributed by atoms with van der Waals surface area (Å²) >= 11 is 0. The van der Waals surface area contributed by atoms with E-state index in [1.807, 2.05) is 12.2 Å². The van der Waals surface area contributed by atoms with Crippen molar-refractivity contribution in [1.29, 1.82) is 0 Å². The van der Waals surface area contributed by atoms with Crippen LogP contribution in [-0.4, -0.2) is 13.1 Å². The van der Waals surface area contributed by atoms with Gasteiger partial charge in [0.1, 0.15) is 0 Å². The van der Waals surface area contributed by atoms with Gasteiger partial charge in [0.15, 0.2) is 0 Å². The van der Waals surface area contributed by atoms with Crippen LogP contribution in [0.1, 0.15) is 38.5 Å². The van der Waals surface area contributed by atoms with E-state index in [1.165, 1.54) is 44.2 Å². The summed E-state index contributed by atoms with van der Waals surface area (Å²) in [6.45, 7) is 9.89. The molecule has 1 rings (SSSR count). The molecule has 1 N–H and O–H groups in total. The molecular formula is C15H25N. The lowest BCUT2D eigenvalue weighted by Crippen LogP contribution is -2.25. The van der Waals surface area contributed by atoms with Crippen molar-refractivity contribution in [2.24, 2.45) is 5.92 Å². The summed E-state index contributed by atoms with van der Waals surface area (Å²) in [6, 6.07) is 0. The quantitative estimate of drug-likeness (QED) is 0.506. The van der Waals surface area contributed by atoms with E-state index in [1.54, 1.807) is 6.08 Å². The Balaban J connectivity index is 2.00. The molecule has 1 nitrogen and oxygen atoms in total. The molecule has 90 valence electrons. The Bertz CT molecular complexity index is 234. The highest BCUT2D eigenvalue weighted by Crippen LogP contribution is 2.22. The molecule has 0 amide bonds. The van der Waals surface area contributed by atoms with Gasteiger partial charge in [-0.1, -0.05) is 56.2 Å². The predicted octanol–water partition coefficient (Wildman–Crippen LogP) is 3.84. The lowest BCUT2D eigenvalue weighted by molar-refractivity contribution is 0.343. The number of hydrogen-bond donors (Lipinski definition) is 1. The zero-order chi connectivity index (χ0) is 11.6. The zero-order valence-corrected chi connectivity index (χ0v) is 10.4. The van der Waals surface area contributed by atoms with Crippen molar-refractivity contribution in [1.82, 2.24) is 5.32 Å². The largest absolute Gasteiger partial charge is 0.316 e. The lowest BCUT2D eigenvalue weighted by atomic mass is 9.89. The minimum absolute atomic E-state index is 0.922. The maximum absolute atomic E-state index is 4.00. The van der Waals surface area contributed by atoms with Gasteiger partial charge in [-0.15, -0.1) is 0 Å². The molecule has 1 fully saturated rings. The highest BCUT2D eigenvalue weighted by Gasteiger charge is 2.12. The van der Waals surface area contributed by atoms with Crippen LogP contribution in [0.4, 0.5) is 0 Å². The first-order valence-electron chi connectivity index (χ1n) is 6.50. The van der Waals surface area contributed by atoms with Gasteiger partial charge in [0, 0.05) is 0 Å². The maximum atomic E-state index is 4.00. The first-order valence-corrected chi connectivity index (χ1v) is 6.50. The van der Waals surface area contributed by atoms with Crippen molar-refractivity contribution in [2.45, 2.75) is 38.5 Å². The van der Waals surface area contributed by atoms with Gasteiger partial charge in [0.2, 0.25) is 0 Å². The molecule has 1 aliphatic rings. The number of allylic oxidation sites excluding steroid dienone is 3. The van der Waals surface area contributed by atoms with Crippen LogP contribution in [0.3, 0.4) is 0 Å². The van der Waals surface area contributed by atoms with Gasteiger partial charge in [0.25, 0.3) is 0 Å². The molecule has 0 heterocycles. The second kappa shape index (κ2) is 8.35. The third-order valence-electron chi connectivity index (χ3n) is 3.25. The van der Waals surface area contributed by atoms with Crippen molar-refractivity contribution in [3.8, 4) is 0 Å². The smallest absolute Gasteiger partial charge is 0.000845 e. The normalized spacial score (nSPS) is 17.8. The Morgan fingerprint density at radius 1 is 1.25 bits per heavy atom. The molecule has 1 aliphatic carbocycles. The standard InChI is InChI=1S/C15H25N/c1-3-4-8-14(2)11-12-16-13-15-9-6-5-7-10-15/h3-4,8,15-16H,1-2,5-7,9-13H2. The zero-order valence-electron chi connectivity index (χ0n) is 10.4. The summed E-state index contributed by atoms with van der Waals surface area (Å²) in [6.07, 6.45) is 14.0. The second-order valence-corrected chi connectivity index (χ2v) is 4.71. The molecule has 0 aromatic rings.